The molecule has 0 unspecified atom stereocenters. The van der Waals surface area contributed by atoms with E-state index >= 15 is 0 Å². The molecule has 2 heteroatoms. The first-order valence-electron chi connectivity index (χ1n) is 1.52. The summed E-state index contributed by atoms with van der Waals surface area (Å²) in [4.78, 5) is 0. The predicted molar refractivity (Wildman–Crippen MR) is 23.8 cm³/mol. The number of aliphatic hydroxyl groups excluding tert-OH is 1. The molecule has 0 aromatic rings. The Labute approximate surface area is 58.5 Å². The van der Waals surface area contributed by atoms with E-state index < -0.39 is 0 Å². The van der Waals surface area contributed by atoms with Crippen molar-refractivity contribution in [3.63, 3.8) is 0 Å². The molecule has 0 fully saturated rings. The second kappa shape index (κ2) is 17.0. The Kier molecular flexibility index (Phi) is 44.8. The number of rotatable bonds is 1. The summed E-state index contributed by atoms with van der Waals surface area (Å²) in [6, 6.07) is 0. The zero-order valence-corrected chi connectivity index (χ0v) is 7.95. The fraction of sp³-hybridized carbons (Fsp3) is 0.750. The second-order valence-corrected chi connectivity index (χ2v) is 0.724. The Morgan fingerprint density at radius 3 is 1.67 bits per heavy atom. The van der Waals surface area contributed by atoms with Crippen LogP contribution in [0.3, 0.4) is 0 Å². The number of hydrogen-bond donors (Lipinski definition) is 1. The van der Waals surface area contributed by atoms with Gasteiger partial charge in [0.05, 0.1) is 0 Å². The summed E-state index contributed by atoms with van der Waals surface area (Å²) in [5.41, 5.74) is 0. The number of aliphatic hydroxyl groups is 1. The smallest absolute Gasteiger partial charge is 0.0428 e. The van der Waals surface area contributed by atoms with Crippen molar-refractivity contribution in [2.24, 2.45) is 0 Å². The van der Waals surface area contributed by atoms with E-state index in [1.165, 1.54) is 0 Å². The summed E-state index contributed by atoms with van der Waals surface area (Å²) in [5.74, 6) is 0. The van der Waals surface area contributed by atoms with E-state index in [1.54, 1.807) is 0 Å². The molecule has 1 N–H and O–H groups in total. The van der Waals surface area contributed by atoms with Crippen LogP contribution in [0.4, 0.5) is 0 Å². The van der Waals surface area contributed by atoms with Gasteiger partial charge < -0.3 is 12.5 Å². The summed E-state index contributed by atoms with van der Waals surface area (Å²) < 4.78 is 0. The maximum absolute atomic E-state index is 7.88. The summed E-state index contributed by atoms with van der Waals surface area (Å²) in [7, 11) is 0. The van der Waals surface area contributed by atoms with Crippen LogP contribution in [0.25, 0.3) is 0 Å². The number of hydrogen-bond acceptors (Lipinski definition) is 1. The van der Waals surface area contributed by atoms with E-state index in [2.05, 4.69) is 0 Å². The molecule has 6 heavy (non-hydrogen) atoms. The molecule has 0 rings (SSSR count). The van der Waals surface area contributed by atoms with Crippen molar-refractivity contribution in [2.75, 3.05) is 6.61 Å². The molecule has 0 aliphatic carbocycles. The molecule has 0 saturated carbocycles. The molecular weight excluding hydrogens is 243 g/mol. The summed E-state index contributed by atoms with van der Waals surface area (Å²) in [6.07, 6.45) is 0.875. The molecule has 0 bridgehead atoms. The van der Waals surface area contributed by atoms with Crippen LogP contribution in [0, 0.1) is 7.43 Å². The van der Waals surface area contributed by atoms with Gasteiger partial charge in [-0.15, -0.1) is 0 Å². The van der Waals surface area contributed by atoms with Gasteiger partial charge >= 0.3 is 0 Å². The zero-order valence-electron chi connectivity index (χ0n) is 4.36. The van der Waals surface area contributed by atoms with Gasteiger partial charge in [0.15, 0.2) is 0 Å². The third-order valence-electron chi connectivity index (χ3n) is 0.224. The maximum atomic E-state index is 7.88. The van der Waals surface area contributed by atoms with Crippen molar-refractivity contribution in [1.29, 1.82) is 0 Å². The van der Waals surface area contributed by atoms with E-state index in [9.17, 15) is 0 Å². The first kappa shape index (κ1) is 15.8. The molecule has 0 aromatic carbocycles. The van der Waals surface area contributed by atoms with Crippen LogP contribution < -0.4 is 0 Å². The van der Waals surface area contributed by atoms with Crippen LogP contribution in [-0.2, 0) is 25.8 Å². The van der Waals surface area contributed by atoms with E-state index in [0.717, 1.165) is 6.42 Å². The van der Waals surface area contributed by atoms with E-state index in [1.807, 2.05) is 6.92 Å². The van der Waals surface area contributed by atoms with Crippen molar-refractivity contribution < 1.29 is 30.9 Å². The van der Waals surface area contributed by atoms with E-state index in [4.69, 9.17) is 5.11 Å². The quantitative estimate of drug-likeness (QED) is 0.542. The van der Waals surface area contributed by atoms with Gasteiger partial charge in [-0.2, -0.15) is 0 Å². The van der Waals surface area contributed by atoms with Crippen LogP contribution in [0.5, 0.6) is 0 Å². The Hall–Kier alpha value is 0.830. The van der Waals surface area contributed by atoms with Crippen LogP contribution in [0.15, 0.2) is 0 Å². The normalized spacial score (nSPS) is 5.00. The molecule has 0 heterocycles. The minimum atomic E-state index is 0. The first-order chi connectivity index (χ1) is 1.91. The SMILES string of the molecule is CCCO.[CH3-].[Hf]. The Bertz CT molecular complexity index is 9.51. The molecule has 0 atom stereocenters. The van der Waals surface area contributed by atoms with E-state index in [-0.39, 0.29) is 33.3 Å². The zero-order chi connectivity index (χ0) is 3.41. The van der Waals surface area contributed by atoms with Gasteiger partial charge in [-0.25, -0.2) is 0 Å². The fourth-order valence-corrected chi connectivity index (χ4v) is 0. The molecule has 38 valence electrons. The third kappa shape index (κ3) is 21.2. The van der Waals surface area contributed by atoms with Crippen LogP contribution >= 0.6 is 0 Å². The topological polar surface area (TPSA) is 20.2 Å². The second-order valence-electron chi connectivity index (χ2n) is 0.724. The van der Waals surface area contributed by atoms with Gasteiger partial charge in [0.25, 0.3) is 0 Å². The molecule has 0 aliphatic heterocycles. The van der Waals surface area contributed by atoms with Gasteiger partial charge in [0, 0.05) is 32.5 Å². The maximum Gasteiger partial charge on any atom is 0.0428 e. The van der Waals surface area contributed by atoms with Crippen LogP contribution in [-0.4, -0.2) is 11.7 Å². The van der Waals surface area contributed by atoms with Crippen molar-refractivity contribution >= 4 is 0 Å². The molecule has 0 radical (unpaired) electrons. The fourth-order valence-electron chi connectivity index (χ4n) is 0. The molecule has 0 spiro atoms. The monoisotopic (exact) mass is 255 g/mol. The molecule has 0 aromatic heterocycles. The minimum Gasteiger partial charge on any atom is -0.396 e. The predicted octanol–water partition coefficient (Wildman–Crippen LogP) is 0.836. The van der Waals surface area contributed by atoms with Gasteiger partial charge in [-0.05, 0) is 6.42 Å². The van der Waals surface area contributed by atoms with Gasteiger partial charge in [0.2, 0.25) is 0 Å². The van der Waals surface area contributed by atoms with Crippen LogP contribution in [0.2, 0.25) is 0 Å². The average Bonchev–Trinajstić information content (AvgIpc) is 1.37. The summed E-state index contributed by atoms with van der Waals surface area (Å²) >= 11 is 0. The van der Waals surface area contributed by atoms with Gasteiger partial charge in [-0.3, -0.25) is 0 Å². The summed E-state index contributed by atoms with van der Waals surface area (Å²) in [6.45, 7) is 2.25. The summed E-state index contributed by atoms with van der Waals surface area (Å²) in [5, 5.41) is 7.88. The Morgan fingerprint density at radius 2 is 1.67 bits per heavy atom. The van der Waals surface area contributed by atoms with Gasteiger partial charge in [0.1, 0.15) is 0 Å². The van der Waals surface area contributed by atoms with Crippen molar-refractivity contribution in [1.82, 2.24) is 0 Å². The standard InChI is InChI=1S/C3H8O.CH3.Hf/c1-2-3-4;;/h4H,2-3H2,1H3;1H3;/q;-1;. The van der Waals surface area contributed by atoms with Crippen molar-refractivity contribution in [3.05, 3.63) is 7.43 Å². The Morgan fingerprint density at radius 1 is 1.50 bits per heavy atom. The van der Waals surface area contributed by atoms with Gasteiger partial charge in [-0.1, -0.05) is 6.92 Å². The average molecular weight is 254 g/mol. The minimum absolute atomic E-state index is 0. The van der Waals surface area contributed by atoms with Crippen molar-refractivity contribution in [3.8, 4) is 0 Å². The first-order valence-corrected chi connectivity index (χ1v) is 1.52. The molecular formula is C4H11HfO-. The van der Waals surface area contributed by atoms with Crippen LogP contribution in [0.1, 0.15) is 13.3 Å². The van der Waals surface area contributed by atoms with E-state index in [0.29, 0.717) is 6.61 Å². The molecule has 1 nitrogen and oxygen atoms in total. The largest absolute Gasteiger partial charge is 0.396 e. The Balaban J connectivity index is -0.0000000450. The molecule has 0 saturated heterocycles. The van der Waals surface area contributed by atoms with Crippen molar-refractivity contribution in [2.45, 2.75) is 13.3 Å². The molecule has 0 aliphatic rings. The molecule has 0 amide bonds. The third-order valence-corrected chi connectivity index (χ3v) is 0.224.